The second kappa shape index (κ2) is 15.8. The fourth-order valence-electron chi connectivity index (χ4n) is 1.80. The zero-order chi connectivity index (χ0) is 16.7. The van der Waals surface area contributed by atoms with Gasteiger partial charge in [-0.2, -0.15) is 0 Å². The van der Waals surface area contributed by atoms with Crippen LogP contribution in [0.15, 0.2) is 0 Å². The molecule has 1 heterocycles. The molecular weight excluding hydrogens is 264 g/mol. The highest BCUT2D eigenvalue weighted by Crippen LogP contribution is 1.99. The fourth-order valence-corrected chi connectivity index (χ4v) is 1.80. The van der Waals surface area contributed by atoms with E-state index in [-0.39, 0.29) is 11.8 Å². The van der Waals surface area contributed by atoms with Gasteiger partial charge in [0.2, 0.25) is 5.91 Å². The highest BCUT2D eigenvalue weighted by atomic mass is 16.5. The Morgan fingerprint density at radius 1 is 1.19 bits per heavy atom. The van der Waals surface area contributed by atoms with Gasteiger partial charge in [0.25, 0.3) is 0 Å². The molecule has 0 unspecified atom stereocenters. The minimum absolute atomic E-state index is 0.134. The van der Waals surface area contributed by atoms with Gasteiger partial charge in [-0.3, -0.25) is 9.69 Å². The van der Waals surface area contributed by atoms with Crippen LogP contribution in [0.1, 0.15) is 54.4 Å². The van der Waals surface area contributed by atoms with E-state index in [2.05, 4.69) is 11.8 Å². The lowest BCUT2D eigenvalue weighted by Gasteiger charge is -2.26. The van der Waals surface area contributed by atoms with E-state index in [0.717, 1.165) is 32.8 Å². The Morgan fingerprint density at radius 3 is 2.05 bits per heavy atom. The molecule has 0 radical (unpaired) electrons. The zero-order valence-corrected chi connectivity index (χ0v) is 15.4. The Kier molecular flexibility index (Phi) is 17.0. The van der Waals surface area contributed by atoms with Crippen LogP contribution in [0.5, 0.6) is 0 Å². The van der Waals surface area contributed by atoms with Crippen molar-refractivity contribution in [2.45, 2.75) is 54.4 Å². The van der Waals surface area contributed by atoms with Crippen LogP contribution in [0.25, 0.3) is 0 Å². The Balaban J connectivity index is 0. The summed E-state index contributed by atoms with van der Waals surface area (Å²) in [6.07, 6.45) is 2.64. The van der Waals surface area contributed by atoms with Crippen molar-refractivity contribution in [3.05, 3.63) is 0 Å². The van der Waals surface area contributed by atoms with Gasteiger partial charge in [0.1, 0.15) is 0 Å². The SMILES string of the molecule is CC.CCCCN1CCOCC1.CCN(C)C(=O)C(C)C. The first-order valence-corrected chi connectivity index (χ1v) is 8.57. The van der Waals surface area contributed by atoms with Crippen LogP contribution >= 0.6 is 0 Å². The Bertz CT molecular complexity index is 227. The summed E-state index contributed by atoms with van der Waals surface area (Å²) >= 11 is 0. The lowest BCUT2D eigenvalue weighted by molar-refractivity contribution is -0.132. The molecule has 0 atom stereocenters. The van der Waals surface area contributed by atoms with Crippen molar-refractivity contribution >= 4 is 5.91 Å². The molecule has 0 N–H and O–H groups in total. The normalized spacial score (nSPS) is 14.7. The van der Waals surface area contributed by atoms with Crippen LogP contribution in [-0.2, 0) is 9.53 Å². The number of carbonyl (C=O) groups excluding carboxylic acids is 1. The summed E-state index contributed by atoms with van der Waals surface area (Å²) in [5.74, 6) is 0.354. The summed E-state index contributed by atoms with van der Waals surface area (Å²) in [5.41, 5.74) is 0. The zero-order valence-electron chi connectivity index (χ0n) is 15.4. The minimum atomic E-state index is 0.134. The minimum Gasteiger partial charge on any atom is -0.379 e. The second-order valence-electron chi connectivity index (χ2n) is 5.31. The number of hydrogen-bond donors (Lipinski definition) is 0. The van der Waals surface area contributed by atoms with Crippen molar-refractivity contribution in [2.75, 3.05) is 46.4 Å². The van der Waals surface area contributed by atoms with Gasteiger partial charge in [-0.15, -0.1) is 0 Å². The van der Waals surface area contributed by atoms with E-state index in [1.54, 1.807) is 4.90 Å². The van der Waals surface area contributed by atoms with Crippen molar-refractivity contribution in [2.24, 2.45) is 5.92 Å². The number of amides is 1. The topological polar surface area (TPSA) is 32.8 Å². The number of rotatable bonds is 5. The molecule has 0 aliphatic carbocycles. The summed E-state index contributed by atoms with van der Waals surface area (Å²) < 4.78 is 5.24. The molecular formula is C17H38N2O2. The van der Waals surface area contributed by atoms with E-state index in [0.29, 0.717) is 0 Å². The molecule has 0 saturated carbocycles. The molecule has 4 nitrogen and oxygen atoms in total. The van der Waals surface area contributed by atoms with Gasteiger partial charge in [0.15, 0.2) is 0 Å². The summed E-state index contributed by atoms with van der Waals surface area (Å²) in [5, 5.41) is 0. The molecule has 1 aliphatic heterocycles. The van der Waals surface area contributed by atoms with Gasteiger partial charge < -0.3 is 9.64 Å². The van der Waals surface area contributed by atoms with E-state index in [1.807, 2.05) is 41.7 Å². The first-order chi connectivity index (χ1) is 10.0. The molecule has 1 amide bonds. The van der Waals surface area contributed by atoms with Crippen molar-refractivity contribution < 1.29 is 9.53 Å². The lowest BCUT2D eigenvalue weighted by Crippen LogP contribution is -2.36. The van der Waals surface area contributed by atoms with Gasteiger partial charge in [-0.25, -0.2) is 0 Å². The highest BCUT2D eigenvalue weighted by Gasteiger charge is 2.09. The van der Waals surface area contributed by atoms with Crippen LogP contribution in [0.2, 0.25) is 0 Å². The number of ether oxygens (including phenoxy) is 1. The van der Waals surface area contributed by atoms with Gasteiger partial charge in [-0.05, 0) is 19.9 Å². The van der Waals surface area contributed by atoms with Gasteiger partial charge in [0.05, 0.1) is 13.2 Å². The van der Waals surface area contributed by atoms with E-state index in [9.17, 15) is 4.79 Å². The summed E-state index contributed by atoms with van der Waals surface area (Å²) in [6.45, 7) is 18.2. The van der Waals surface area contributed by atoms with Crippen LogP contribution < -0.4 is 0 Å². The van der Waals surface area contributed by atoms with Crippen molar-refractivity contribution in [1.29, 1.82) is 0 Å². The lowest BCUT2D eigenvalue weighted by atomic mass is 10.2. The second-order valence-corrected chi connectivity index (χ2v) is 5.31. The number of carbonyl (C=O) groups is 1. The van der Waals surface area contributed by atoms with Crippen LogP contribution in [-0.4, -0.2) is 62.1 Å². The molecule has 21 heavy (non-hydrogen) atoms. The maximum atomic E-state index is 11.0. The smallest absolute Gasteiger partial charge is 0.224 e. The predicted octanol–water partition coefficient (Wildman–Crippen LogP) is 3.27. The van der Waals surface area contributed by atoms with E-state index in [4.69, 9.17) is 4.74 Å². The van der Waals surface area contributed by atoms with Gasteiger partial charge in [0, 0.05) is 32.6 Å². The maximum absolute atomic E-state index is 11.0. The summed E-state index contributed by atoms with van der Waals surface area (Å²) in [4.78, 5) is 15.2. The molecule has 4 heteroatoms. The third-order valence-electron chi connectivity index (χ3n) is 3.28. The predicted molar refractivity (Wildman–Crippen MR) is 91.7 cm³/mol. The first kappa shape index (κ1) is 22.7. The number of nitrogens with zero attached hydrogens (tertiary/aromatic N) is 2. The van der Waals surface area contributed by atoms with Crippen molar-refractivity contribution in [1.82, 2.24) is 9.80 Å². The van der Waals surface area contributed by atoms with Crippen LogP contribution in [0.3, 0.4) is 0 Å². The molecule has 128 valence electrons. The highest BCUT2D eigenvalue weighted by molar-refractivity contribution is 5.77. The molecule has 1 fully saturated rings. The van der Waals surface area contributed by atoms with Crippen molar-refractivity contribution in [3.8, 4) is 0 Å². The third kappa shape index (κ3) is 12.8. The fraction of sp³-hybridized carbons (Fsp3) is 0.941. The Labute approximate surface area is 132 Å². The van der Waals surface area contributed by atoms with Gasteiger partial charge >= 0.3 is 0 Å². The van der Waals surface area contributed by atoms with E-state index >= 15 is 0 Å². The molecule has 0 aromatic heterocycles. The molecule has 0 bridgehead atoms. The van der Waals surface area contributed by atoms with E-state index < -0.39 is 0 Å². The monoisotopic (exact) mass is 302 g/mol. The first-order valence-electron chi connectivity index (χ1n) is 8.57. The van der Waals surface area contributed by atoms with Crippen LogP contribution in [0.4, 0.5) is 0 Å². The Morgan fingerprint density at radius 2 is 1.71 bits per heavy atom. The summed E-state index contributed by atoms with van der Waals surface area (Å²) in [7, 11) is 1.82. The van der Waals surface area contributed by atoms with Crippen molar-refractivity contribution in [3.63, 3.8) is 0 Å². The van der Waals surface area contributed by atoms with Crippen LogP contribution in [0, 0.1) is 5.92 Å². The Hall–Kier alpha value is -0.610. The van der Waals surface area contributed by atoms with Gasteiger partial charge in [-0.1, -0.05) is 41.0 Å². The standard InChI is InChI=1S/C8H17NO.C7H15NO.C2H6/c1-2-3-4-9-5-7-10-8-6-9;1-5-8(4)7(9)6(2)3;1-2/h2-8H2,1H3;6H,5H2,1-4H3;1-2H3. The molecule has 1 aliphatic rings. The third-order valence-corrected chi connectivity index (χ3v) is 3.28. The number of hydrogen-bond acceptors (Lipinski definition) is 3. The van der Waals surface area contributed by atoms with E-state index in [1.165, 1.54) is 19.4 Å². The maximum Gasteiger partial charge on any atom is 0.224 e. The molecule has 0 aromatic rings. The average molecular weight is 303 g/mol. The molecule has 0 spiro atoms. The largest absolute Gasteiger partial charge is 0.379 e. The number of unbranched alkanes of at least 4 members (excludes halogenated alkanes) is 1. The summed E-state index contributed by atoms with van der Waals surface area (Å²) in [6, 6.07) is 0. The molecule has 1 rings (SSSR count). The number of morpholine rings is 1. The molecule has 1 saturated heterocycles. The quantitative estimate of drug-likeness (QED) is 0.781. The molecule has 0 aromatic carbocycles. The average Bonchev–Trinajstić information content (AvgIpc) is 2.54.